The summed E-state index contributed by atoms with van der Waals surface area (Å²) in [5.74, 6) is -0.478. The highest BCUT2D eigenvalue weighted by atomic mass is 19.1. The molecule has 0 atom stereocenters. The molecule has 0 fully saturated rings. The van der Waals surface area contributed by atoms with Crippen LogP contribution in [0.1, 0.15) is 48.8 Å². The fraction of sp³-hybridized carbons (Fsp3) is 0.280. The van der Waals surface area contributed by atoms with Crippen molar-refractivity contribution in [1.29, 1.82) is 5.26 Å². The van der Waals surface area contributed by atoms with Gasteiger partial charge in [-0.15, -0.1) is 0 Å². The first-order valence-electron chi connectivity index (χ1n) is 11.0. The van der Waals surface area contributed by atoms with Gasteiger partial charge in [0.05, 0.1) is 11.4 Å². The fourth-order valence-electron chi connectivity index (χ4n) is 3.24. The third-order valence-electron chi connectivity index (χ3n) is 4.84. The molecular formula is C25H27FN6O3. The number of anilines is 2. The summed E-state index contributed by atoms with van der Waals surface area (Å²) in [4.78, 5) is 24.3. The monoisotopic (exact) mass is 478 g/mol. The summed E-state index contributed by atoms with van der Waals surface area (Å²) >= 11 is 0. The van der Waals surface area contributed by atoms with E-state index in [0.717, 1.165) is 0 Å². The lowest BCUT2D eigenvalue weighted by Crippen LogP contribution is -2.27. The standard InChI is InChI=1S/C25H27FN6O3/c1-25(2,3)35-24(34)30-18-10-6-16(7-11-18)23(33)29-14-4-5-21-20(15-27)22(28)32(31-21)19-12-8-17(26)9-13-19/h6-13H,4-5,14,28H2,1-3H3,(H,29,33)(H,30,34). The average Bonchev–Trinajstić information content (AvgIpc) is 3.11. The van der Waals surface area contributed by atoms with Crippen LogP contribution in [-0.2, 0) is 11.2 Å². The Morgan fingerprint density at radius 3 is 2.40 bits per heavy atom. The first kappa shape index (κ1) is 25.2. The molecule has 0 aliphatic heterocycles. The van der Waals surface area contributed by atoms with Crippen LogP contribution in [0.3, 0.4) is 0 Å². The fourth-order valence-corrected chi connectivity index (χ4v) is 3.24. The van der Waals surface area contributed by atoms with Gasteiger partial charge in [0.25, 0.3) is 5.91 Å². The number of aromatic nitrogens is 2. The molecule has 0 saturated heterocycles. The van der Waals surface area contributed by atoms with Crippen molar-refractivity contribution >= 4 is 23.5 Å². The zero-order valence-corrected chi connectivity index (χ0v) is 19.8. The van der Waals surface area contributed by atoms with Gasteiger partial charge in [0, 0.05) is 17.8 Å². The summed E-state index contributed by atoms with van der Waals surface area (Å²) in [6.07, 6.45) is 0.368. The van der Waals surface area contributed by atoms with E-state index in [-0.39, 0.29) is 23.1 Å². The van der Waals surface area contributed by atoms with Crippen LogP contribution in [0.5, 0.6) is 0 Å². The number of nitrogen functional groups attached to an aromatic ring is 1. The Morgan fingerprint density at radius 1 is 1.14 bits per heavy atom. The molecule has 0 aliphatic carbocycles. The van der Waals surface area contributed by atoms with Crippen molar-refractivity contribution in [2.45, 2.75) is 39.2 Å². The number of aryl methyl sites for hydroxylation is 1. The average molecular weight is 479 g/mol. The normalized spacial score (nSPS) is 10.9. The molecule has 0 unspecified atom stereocenters. The number of amides is 2. The Bertz CT molecular complexity index is 1240. The van der Waals surface area contributed by atoms with Crippen LogP contribution >= 0.6 is 0 Å². The Labute approximate surface area is 202 Å². The predicted molar refractivity (Wildman–Crippen MR) is 130 cm³/mol. The third-order valence-corrected chi connectivity index (χ3v) is 4.84. The molecule has 10 heteroatoms. The number of hydrogen-bond acceptors (Lipinski definition) is 6. The zero-order chi connectivity index (χ0) is 25.6. The highest BCUT2D eigenvalue weighted by Crippen LogP contribution is 2.22. The number of hydrogen-bond donors (Lipinski definition) is 3. The van der Waals surface area contributed by atoms with Gasteiger partial charge in [0.1, 0.15) is 28.9 Å². The minimum Gasteiger partial charge on any atom is -0.444 e. The van der Waals surface area contributed by atoms with Gasteiger partial charge in [-0.1, -0.05) is 0 Å². The second-order valence-electron chi connectivity index (χ2n) is 8.77. The van der Waals surface area contributed by atoms with Crippen LogP contribution in [-0.4, -0.2) is 33.9 Å². The number of halogens is 1. The molecule has 0 bridgehead atoms. The molecule has 1 aromatic heterocycles. The Hall–Kier alpha value is -4.39. The molecule has 2 amide bonds. The highest BCUT2D eigenvalue weighted by Gasteiger charge is 2.17. The van der Waals surface area contributed by atoms with Crippen molar-refractivity contribution < 1.29 is 18.7 Å². The Kier molecular flexibility index (Phi) is 7.71. The lowest BCUT2D eigenvalue weighted by molar-refractivity contribution is 0.0635. The van der Waals surface area contributed by atoms with E-state index in [9.17, 15) is 19.2 Å². The van der Waals surface area contributed by atoms with Crippen molar-refractivity contribution in [3.63, 3.8) is 0 Å². The maximum Gasteiger partial charge on any atom is 0.412 e. The number of nitrogens with two attached hydrogens (primary N) is 1. The predicted octanol–water partition coefficient (Wildman–Crippen LogP) is 4.17. The first-order valence-corrected chi connectivity index (χ1v) is 11.0. The minimum absolute atomic E-state index is 0.179. The summed E-state index contributed by atoms with van der Waals surface area (Å²) in [7, 11) is 0. The third kappa shape index (κ3) is 6.80. The van der Waals surface area contributed by atoms with Crippen molar-refractivity contribution in [1.82, 2.24) is 15.1 Å². The number of carbonyl (C=O) groups is 2. The summed E-state index contributed by atoms with van der Waals surface area (Å²) in [5, 5.41) is 19.3. The van der Waals surface area contributed by atoms with Crippen molar-refractivity contribution in [3.8, 4) is 11.8 Å². The number of nitrogens with one attached hydrogen (secondary N) is 2. The minimum atomic E-state index is -0.608. The molecule has 35 heavy (non-hydrogen) atoms. The molecule has 0 radical (unpaired) electrons. The first-order chi connectivity index (χ1) is 16.6. The van der Waals surface area contributed by atoms with Crippen LogP contribution in [0.25, 0.3) is 5.69 Å². The van der Waals surface area contributed by atoms with Crippen LogP contribution < -0.4 is 16.4 Å². The molecule has 3 rings (SSSR count). The van der Waals surface area contributed by atoms with Crippen molar-refractivity contribution in [2.24, 2.45) is 0 Å². The number of benzene rings is 2. The van der Waals surface area contributed by atoms with Gasteiger partial charge < -0.3 is 15.8 Å². The van der Waals surface area contributed by atoms with E-state index in [1.807, 2.05) is 0 Å². The summed E-state index contributed by atoms with van der Waals surface area (Å²) < 4.78 is 19.8. The zero-order valence-electron chi connectivity index (χ0n) is 19.8. The number of rotatable bonds is 7. The van der Waals surface area contributed by atoms with Gasteiger partial charge in [-0.3, -0.25) is 10.1 Å². The van der Waals surface area contributed by atoms with Crippen LogP contribution in [0.15, 0.2) is 48.5 Å². The molecule has 182 valence electrons. The van der Waals surface area contributed by atoms with Crippen LogP contribution in [0, 0.1) is 17.1 Å². The topological polar surface area (TPSA) is 135 Å². The highest BCUT2D eigenvalue weighted by molar-refractivity contribution is 5.95. The van der Waals surface area contributed by atoms with E-state index < -0.39 is 11.7 Å². The lowest BCUT2D eigenvalue weighted by atomic mass is 10.1. The molecule has 2 aromatic carbocycles. The summed E-state index contributed by atoms with van der Waals surface area (Å²) in [6, 6.07) is 14.1. The molecular weight excluding hydrogens is 451 g/mol. The summed E-state index contributed by atoms with van der Waals surface area (Å²) in [6.45, 7) is 5.67. The molecule has 1 heterocycles. The molecule has 0 aliphatic rings. The molecule has 9 nitrogen and oxygen atoms in total. The van der Waals surface area contributed by atoms with Gasteiger partial charge in [-0.25, -0.2) is 13.9 Å². The van der Waals surface area contributed by atoms with E-state index in [1.54, 1.807) is 45.0 Å². The number of carbonyl (C=O) groups excluding carboxylic acids is 2. The molecule has 4 N–H and O–H groups in total. The van der Waals surface area contributed by atoms with E-state index >= 15 is 0 Å². The second kappa shape index (κ2) is 10.7. The summed E-state index contributed by atoms with van der Waals surface area (Å²) in [5.41, 5.74) is 7.70. The maximum absolute atomic E-state index is 13.2. The van der Waals surface area contributed by atoms with E-state index in [4.69, 9.17) is 10.5 Å². The van der Waals surface area contributed by atoms with Crippen molar-refractivity contribution in [2.75, 3.05) is 17.6 Å². The Balaban J connectivity index is 1.53. The number of nitriles is 1. The van der Waals surface area contributed by atoms with Gasteiger partial charge in [-0.2, -0.15) is 10.4 Å². The smallest absolute Gasteiger partial charge is 0.412 e. The second-order valence-corrected chi connectivity index (χ2v) is 8.77. The van der Waals surface area contributed by atoms with E-state index in [2.05, 4.69) is 21.8 Å². The number of ether oxygens (including phenoxy) is 1. The molecule has 0 spiro atoms. The SMILES string of the molecule is CC(C)(C)OC(=O)Nc1ccc(C(=O)NCCCc2nn(-c3ccc(F)cc3)c(N)c2C#N)cc1. The van der Waals surface area contributed by atoms with Crippen LogP contribution in [0.4, 0.5) is 20.7 Å². The van der Waals surface area contributed by atoms with Gasteiger partial charge in [0.2, 0.25) is 0 Å². The van der Waals surface area contributed by atoms with Crippen LogP contribution in [0.2, 0.25) is 0 Å². The van der Waals surface area contributed by atoms with Gasteiger partial charge in [0.15, 0.2) is 0 Å². The molecule has 0 saturated carbocycles. The quantitative estimate of drug-likeness (QED) is 0.436. The lowest BCUT2D eigenvalue weighted by Gasteiger charge is -2.19. The van der Waals surface area contributed by atoms with Crippen molar-refractivity contribution in [3.05, 3.63) is 71.2 Å². The molecule has 3 aromatic rings. The maximum atomic E-state index is 13.2. The van der Waals surface area contributed by atoms with Gasteiger partial charge in [-0.05, 0) is 82.1 Å². The van der Waals surface area contributed by atoms with E-state index in [1.165, 1.54) is 28.9 Å². The Morgan fingerprint density at radius 2 is 1.80 bits per heavy atom. The van der Waals surface area contributed by atoms with Gasteiger partial charge >= 0.3 is 6.09 Å². The van der Waals surface area contributed by atoms with E-state index in [0.29, 0.717) is 42.0 Å². The number of nitrogens with zero attached hydrogens (tertiary/aromatic N) is 3. The largest absolute Gasteiger partial charge is 0.444 e.